The quantitative estimate of drug-likeness (QED) is 0.796. The van der Waals surface area contributed by atoms with Gasteiger partial charge in [0.1, 0.15) is 11.6 Å². The maximum Gasteiger partial charge on any atom is 0.248 e. The van der Waals surface area contributed by atoms with Crippen molar-refractivity contribution in [1.82, 2.24) is 0 Å². The Labute approximate surface area is 130 Å². The number of hydrogen-bond acceptors (Lipinski definition) is 1. The lowest BCUT2D eigenvalue weighted by molar-refractivity contribution is -0.111. The van der Waals surface area contributed by atoms with Crippen molar-refractivity contribution in [3.63, 3.8) is 0 Å². The Bertz CT molecular complexity index is 717. The fourth-order valence-corrected chi connectivity index (χ4v) is 1.86. The lowest BCUT2D eigenvalue weighted by Crippen LogP contribution is -2.09. The molecule has 1 amide bonds. The standard InChI is InChI=1S/C15H9Cl2F2NO/c16-11-4-1-9(7-12(11)17)2-6-15(21)20-14-8-10(18)3-5-13(14)19/h1-8H,(H,20,21)/b6-2+. The van der Waals surface area contributed by atoms with Crippen LogP contribution in [-0.2, 0) is 4.79 Å². The zero-order valence-corrected chi connectivity index (χ0v) is 12.1. The average molecular weight is 328 g/mol. The van der Waals surface area contributed by atoms with Gasteiger partial charge in [-0.15, -0.1) is 0 Å². The molecule has 0 heterocycles. The second-order valence-corrected chi connectivity index (χ2v) is 4.93. The molecule has 6 heteroatoms. The third kappa shape index (κ3) is 4.28. The molecule has 0 aliphatic carbocycles. The van der Waals surface area contributed by atoms with Crippen molar-refractivity contribution in [1.29, 1.82) is 0 Å². The van der Waals surface area contributed by atoms with Crippen molar-refractivity contribution in [2.24, 2.45) is 0 Å². The fourth-order valence-electron chi connectivity index (χ4n) is 1.56. The SMILES string of the molecule is O=C(/C=C/c1ccc(Cl)c(Cl)c1)Nc1cc(F)ccc1F. The number of carbonyl (C=O) groups excluding carboxylic acids is 1. The van der Waals surface area contributed by atoms with E-state index in [-0.39, 0.29) is 5.69 Å². The molecule has 2 rings (SSSR count). The van der Waals surface area contributed by atoms with Crippen LogP contribution in [0.15, 0.2) is 42.5 Å². The van der Waals surface area contributed by atoms with Gasteiger partial charge < -0.3 is 5.32 Å². The molecule has 2 nitrogen and oxygen atoms in total. The van der Waals surface area contributed by atoms with Crippen molar-refractivity contribution >= 4 is 40.9 Å². The fraction of sp³-hybridized carbons (Fsp3) is 0. The number of nitrogens with one attached hydrogen (secondary N) is 1. The highest BCUT2D eigenvalue weighted by atomic mass is 35.5. The zero-order valence-electron chi connectivity index (χ0n) is 10.5. The summed E-state index contributed by atoms with van der Waals surface area (Å²) in [5.41, 5.74) is 0.429. The van der Waals surface area contributed by atoms with Crippen molar-refractivity contribution in [2.75, 3.05) is 5.32 Å². The summed E-state index contributed by atoms with van der Waals surface area (Å²) >= 11 is 11.6. The Morgan fingerprint density at radius 3 is 2.52 bits per heavy atom. The predicted molar refractivity (Wildman–Crippen MR) is 80.5 cm³/mol. The maximum absolute atomic E-state index is 13.4. The average Bonchev–Trinajstić information content (AvgIpc) is 2.44. The monoisotopic (exact) mass is 327 g/mol. The number of amides is 1. The maximum atomic E-state index is 13.4. The Kier molecular flexibility index (Phi) is 4.94. The van der Waals surface area contributed by atoms with Crippen molar-refractivity contribution < 1.29 is 13.6 Å². The number of hydrogen-bond donors (Lipinski definition) is 1. The second kappa shape index (κ2) is 6.70. The molecule has 2 aromatic rings. The first-order valence-corrected chi connectivity index (χ1v) is 6.60. The zero-order chi connectivity index (χ0) is 15.4. The lowest BCUT2D eigenvalue weighted by atomic mass is 10.2. The highest BCUT2D eigenvalue weighted by Crippen LogP contribution is 2.23. The summed E-state index contributed by atoms with van der Waals surface area (Å²) in [5, 5.41) is 3.01. The first-order valence-electron chi connectivity index (χ1n) is 5.85. The van der Waals surface area contributed by atoms with Gasteiger partial charge in [-0.2, -0.15) is 0 Å². The van der Waals surface area contributed by atoms with Crippen LogP contribution in [0.4, 0.5) is 14.5 Å². The summed E-state index contributed by atoms with van der Waals surface area (Å²) in [5.74, 6) is -1.95. The first kappa shape index (κ1) is 15.5. The van der Waals surface area contributed by atoms with Crippen LogP contribution in [0.25, 0.3) is 6.08 Å². The largest absolute Gasteiger partial charge is 0.320 e. The van der Waals surface area contributed by atoms with Crippen molar-refractivity contribution in [3.05, 3.63) is 69.7 Å². The second-order valence-electron chi connectivity index (χ2n) is 4.12. The van der Waals surface area contributed by atoms with E-state index in [0.29, 0.717) is 15.6 Å². The van der Waals surface area contributed by atoms with E-state index in [4.69, 9.17) is 23.2 Å². The van der Waals surface area contributed by atoms with E-state index in [2.05, 4.69) is 5.32 Å². The van der Waals surface area contributed by atoms with Crippen molar-refractivity contribution in [2.45, 2.75) is 0 Å². The molecule has 0 radical (unpaired) electrons. The molecule has 0 bridgehead atoms. The van der Waals surface area contributed by atoms with Crippen LogP contribution in [0.5, 0.6) is 0 Å². The van der Waals surface area contributed by atoms with Gasteiger partial charge in [-0.1, -0.05) is 29.3 Å². The van der Waals surface area contributed by atoms with Gasteiger partial charge in [-0.3, -0.25) is 4.79 Å². The Morgan fingerprint density at radius 1 is 1.05 bits per heavy atom. The molecule has 0 fully saturated rings. The molecule has 0 aliphatic rings. The van der Waals surface area contributed by atoms with Crippen LogP contribution in [0.3, 0.4) is 0 Å². The molecule has 1 N–H and O–H groups in total. The normalized spacial score (nSPS) is 10.9. The van der Waals surface area contributed by atoms with E-state index in [0.717, 1.165) is 18.2 Å². The third-order valence-electron chi connectivity index (χ3n) is 2.56. The van der Waals surface area contributed by atoms with Gasteiger partial charge in [0.25, 0.3) is 0 Å². The molecular weight excluding hydrogens is 319 g/mol. The molecule has 21 heavy (non-hydrogen) atoms. The molecule has 0 aromatic heterocycles. The summed E-state index contributed by atoms with van der Waals surface area (Å²) in [4.78, 5) is 11.7. The van der Waals surface area contributed by atoms with Gasteiger partial charge in [0.15, 0.2) is 0 Å². The molecule has 0 atom stereocenters. The summed E-state index contributed by atoms with van der Waals surface area (Å²) in [7, 11) is 0. The van der Waals surface area contributed by atoms with Gasteiger partial charge >= 0.3 is 0 Å². The highest BCUT2D eigenvalue weighted by Gasteiger charge is 2.06. The van der Waals surface area contributed by atoms with E-state index in [1.807, 2.05) is 0 Å². The smallest absolute Gasteiger partial charge is 0.248 e. The van der Waals surface area contributed by atoms with Crippen LogP contribution < -0.4 is 5.32 Å². The number of halogens is 4. The first-order chi connectivity index (χ1) is 9.95. The van der Waals surface area contributed by atoms with Gasteiger partial charge in [-0.25, -0.2) is 8.78 Å². The van der Waals surface area contributed by atoms with Gasteiger partial charge in [0.2, 0.25) is 5.91 Å². The summed E-state index contributed by atoms with van der Waals surface area (Å²) < 4.78 is 26.3. The van der Waals surface area contributed by atoms with Crippen LogP contribution in [0.1, 0.15) is 5.56 Å². The minimum Gasteiger partial charge on any atom is -0.320 e. The Hall–Kier alpha value is -1.91. The van der Waals surface area contributed by atoms with E-state index in [1.165, 1.54) is 12.2 Å². The Morgan fingerprint density at radius 2 is 1.81 bits per heavy atom. The minimum absolute atomic E-state index is 0.223. The summed E-state index contributed by atoms with van der Waals surface area (Å²) in [6.07, 6.45) is 2.67. The number of rotatable bonds is 3. The minimum atomic E-state index is -0.715. The highest BCUT2D eigenvalue weighted by molar-refractivity contribution is 6.42. The Balaban J connectivity index is 2.09. The summed E-state index contributed by atoms with van der Waals surface area (Å²) in [6, 6.07) is 7.65. The van der Waals surface area contributed by atoms with Crippen LogP contribution >= 0.6 is 23.2 Å². The van der Waals surface area contributed by atoms with E-state index >= 15 is 0 Å². The lowest BCUT2D eigenvalue weighted by Gasteiger charge is -2.03. The van der Waals surface area contributed by atoms with Crippen LogP contribution in [-0.4, -0.2) is 5.91 Å². The van der Waals surface area contributed by atoms with E-state index < -0.39 is 17.5 Å². The molecule has 0 aliphatic heterocycles. The molecule has 0 spiro atoms. The molecule has 2 aromatic carbocycles. The van der Waals surface area contributed by atoms with Crippen LogP contribution in [0.2, 0.25) is 10.0 Å². The van der Waals surface area contributed by atoms with Gasteiger partial charge in [0, 0.05) is 12.1 Å². The van der Waals surface area contributed by atoms with Gasteiger partial charge in [0.05, 0.1) is 15.7 Å². The number of carbonyl (C=O) groups is 1. The molecule has 0 saturated carbocycles. The summed E-state index contributed by atoms with van der Waals surface area (Å²) in [6.45, 7) is 0. The van der Waals surface area contributed by atoms with Crippen LogP contribution in [0, 0.1) is 11.6 Å². The topological polar surface area (TPSA) is 29.1 Å². The number of anilines is 1. The van der Waals surface area contributed by atoms with Crippen molar-refractivity contribution in [3.8, 4) is 0 Å². The molecule has 108 valence electrons. The predicted octanol–water partition coefficient (Wildman–Crippen LogP) is 4.92. The molecule has 0 unspecified atom stereocenters. The van der Waals surface area contributed by atoms with E-state index in [9.17, 15) is 13.6 Å². The molecule has 0 saturated heterocycles. The number of benzene rings is 2. The third-order valence-corrected chi connectivity index (χ3v) is 3.30. The molecular formula is C15H9Cl2F2NO. The van der Waals surface area contributed by atoms with Gasteiger partial charge in [-0.05, 0) is 35.9 Å². The van der Waals surface area contributed by atoms with E-state index in [1.54, 1.807) is 18.2 Å².